The number of anilines is 1. The molecule has 0 aromatic heterocycles. The molecule has 0 N–H and O–H groups in total. The van der Waals surface area contributed by atoms with Crippen molar-refractivity contribution in [2.45, 2.75) is 105 Å². The number of rotatable bonds is 15. The Bertz CT molecular complexity index is 840. The molecule has 6 nitrogen and oxygen atoms in total. The molecule has 8 heteroatoms. The molecule has 1 rings (SSSR count). The Labute approximate surface area is 211 Å². The topological polar surface area (TPSA) is 80.8 Å². The van der Waals surface area contributed by atoms with Crippen molar-refractivity contribution in [3.05, 3.63) is 24.3 Å². The summed E-state index contributed by atoms with van der Waals surface area (Å²) in [4.78, 5) is 23.8. The van der Waals surface area contributed by atoms with E-state index in [0.717, 1.165) is 4.31 Å². The zero-order valence-corrected chi connectivity index (χ0v) is 25.7. The number of carbonyl (C=O) groups excluding carboxylic acids is 2. The van der Waals surface area contributed by atoms with Crippen LogP contribution in [0.4, 0.5) is 10.5 Å². The van der Waals surface area contributed by atoms with E-state index in [9.17, 15) is 18.0 Å². The van der Waals surface area contributed by atoms with Crippen LogP contribution in [0.2, 0.25) is 13.3 Å². The molecule has 0 heterocycles. The van der Waals surface area contributed by atoms with Crippen LogP contribution in [0.5, 0.6) is 0 Å². The number of aldehydes is 1. The first-order valence-electron chi connectivity index (χ1n) is 12.8. The maximum atomic E-state index is 13.0. The summed E-state index contributed by atoms with van der Waals surface area (Å²) < 4.78 is 37.5. The summed E-state index contributed by atoms with van der Waals surface area (Å²) in [6.45, 7) is 11.8. The van der Waals surface area contributed by atoms with Gasteiger partial charge in [0.15, 0.2) is 0 Å². The number of unbranched alkanes of at least 4 members (excludes halogenated alkanes) is 3. The third-order valence-electron chi connectivity index (χ3n) is 6.07. The summed E-state index contributed by atoms with van der Waals surface area (Å²) in [7, 11) is -4.06. The Hall–Kier alpha value is -1.09. The van der Waals surface area contributed by atoms with Gasteiger partial charge >= 0.3 is 213 Å². The second kappa shape index (κ2) is 14.5. The molecule has 0 fully saturated rings. The van der Waals surface area contributed by atoms with Gasteiger partial charge in [0.2, 0.25) is 0 Å². The van der Waals surface area contributed by atoms with Crippen molar-refractivity contribution in [2.75, 3.05) is 10.1 Å². The summed E-state index contributed by atoms with van der Waals surface area (Å²) in [6, 6.07) is 7.65. The minimum absolute atomic E-state index is 0.176. The van der Waals surface area contributed by atoms with Crippen LogP contribution in [0.3, 0.4) is 0 Å². The van der Waals surface area contributed by atoms with Gasteiger partial charge < -0.3 is 0 Å². The predicted octanol–water partition coefficient (Wildman–Crippen LogP) is 6.40. The molecule has 0 saturated carbocycles. The molecule has 0 bridgehead atoms. The van der Waals surface area contributed by atoms with Crippen LogP contribution >= 0.6 is 0 Å². The fourth-order valence-corrected chi connectivity index (χ4v) is 21.5. The molecule has 0 aliphatic rings. The van der Waals surface area contributed by atoms with E-state index in [-0.39, 0.29) is 12.1 Å². The van der Waals surface area contributed by atoms with E-state index in [2.05, 4.69) is 32.9 Å². The summed E-state index contributed by atoms with van der Waals surface area (Å²) >= 11 is -2.68. The molecule has 0 unspecified atom stereocenters. The SMILES string of the molecule is CCC[CH2][Sn]([CH2]CCC)([CH2]CCC)[c]1ccc(N(C(=O)OC(C)(C)C)S(=O)(=O)CCC=O)cc1. The van der Waals surface area contributed by atoms with Gasteiger partial charge in [-0.3, -0.25) is 0 Å². The standard InChI is InChI=1S/C14H18NO5S.3C4H9.Sn/c1-14(2,3)20-13(17)15(12-8-5-4-6-9-12)21(18,19)11-7-10-16;3*1-3-4-2;/h5-6,8-10H,7,11H2,1-3H3;3*1,3-4H2,2H3;. The molecule has 0 saturated heterocycles. The monoisotopic (exact) mass is 603 g/mol. The summed E-state index contributed by atoms with van der Waals surface area (Å²) in [6.07, 6.45) is 6.66. The van der Waals surface area contributed by atoms with Crippen LogP contribution in [-0.4, -0.2) is 50.5 Å². The van der Waals surface area contributed by atoms with E-state index in [0.29, 0.717) is 6.29 Å². The van der Waals surface area contributed by atoms with Gasteiger partial charge in [-0.15, -0.1) is 0 Å². The second-order valence-corrected chi connectivity index (χ2v) is 25.3. The molecular weight excluding hydrogens is 557 g/mol. The van der Waals surface area contributed by atoms with E-state index in [4.69, 9.17) is 4.74 Å². The van der Waals surface area contributed by atoms with E-state index in [1.54, 1.807) is 32.9 Å². The number of nitrogens with zero attached hydrogens (tertiary/aromatic N) is 1. The van der Waals surface area contributed by atoms with Crippen LogP contribution in [0, 0.1) is 0 Å². The second-order valence-electron chi connectivity index (χ2n) is 10.2. The fourth-order valence-electron chi connectivity index (χ4n) is 4.28. The van der Waals surface area contributed by atoms with Gasteiger partial charge in [-0.1, -0.05) is 0 Å². The van der Waals surface area contributed by atoms with E-state index < -0.39 is 45.8 Å². The van der Waals surface area contributed by atoms with Crippen LogP contribution < -0.4 is 7.88 Å². The van der Waals surface area contributed by atoms with Crippen molar-refractivity contribution in [3.8, 4) is 0 Å². The predicted molar refractivity (Wildman–Crippen MR) is 144 cm³/mol. The molecule has 1 aromatic rings. The number of hydrogen-bond donors (Lipinski definition) is 0. The Morgan fingerprint density at radius 3 is 1.79 bits per heavy atom. The van der Waals surface area contributed by atoms with Gasteiger partial charge in [0.25, 0.3) is 0 Å². The van der Waals surface area contributed by atoms with Gasteiger partial charge in [-0.05, 0) is 0 Å². The van der Waals surface area contributed by atoms with Gasteiger partial charge in [-0.25, -0.2) is 0 Å². The van der Waals surface area contributed by atoms with E-state index in [1.807, 2.05) is 0 Å². The van der Waals surface area contributed by atoms with Crippen molar-refractivity contribution in [2.24, 2.45) is 0 Å². The van der Waals surface area contributed by atoms with Gasteiger partial charge in [0, 0.05) is 0 Å². The van der Waals surface area contributed by atoms with Gasteiger partial charge in [0.05, 0.1) is 0 Å². The minimum atomic E-state index is -4.06. The van der Waals surface area contributed by atoms with Crippen LogP contribution in [0.15, 0.2) is 24.3 Å². The Morgan fingerprint density at radius 2 is 1.41 bits per heavy atom. The van der Waals surface area contributed by atoms with E-state index in [1.165, 1.54) is 55.4 Å². The number of amides is 1. The van der Waals surface area contributed by atoms with Gasteiger partial charge in [0.1, 0.15) is 0 Å². The van der Waals surface area contributed by atoms with Crippen molar-refractivity contribution in [1.29, 1.82) is 0 Å². The van der Waals surface area contributed by atoms with Crippen molar-refractivity contribution < 1.29 is 22.7 Å². The maximum absolute atomic E-state index is 13.0. The zero-order chi connectivity index (χ0) is 25.8. The molecule has 0 aliphatic heterocycles. The van der Waals surface area contributed by atoms with Crippen molar-refractivity contribution >= 4 is 50.0 Å². The number of ether oxygens (including phenoxy) is 1. The first-order chi connectivity index (χ1) is 16.0. The molecule has 1 aromatic carbocycles. The van der Waals surface area contributed by atoms with Crippen LogP contribution in [-0.2, 0) is 19.6 Å². The van der Waals surface area contributed by atoms with Crippen molar-refractivity contribution in [3.63, 3.8) is 0 Å². The number of sulfonamides is 1. The first-order valence-corrected chi connectivity index (χ1v) is 21.9. The summed E-state index contributed by atoms with van der Waals surface area (Å²) in [5, 5.41) is 0. The number of benzene rings is 1. The zero-order valence-electron chi connectivity index (χ0n) is 22.1. The Balaban J connectivity index is 3.47. The third-order valence-corrected chi connectivity index (χ3v) is 23.4. The average molecular weight is 602 g/mol. The first kappa shape index (κ1) is 30.9. The molecular formula is C26H45NO5SSn. The van der Waals surface area contributed by atoms with E-state index >= 15 is 0 Å². The van der Waals surface area contributed by atoms with Crippen molar-refractivity contribution in [1.82, 2.24) is 0 Å². The van der Waals surface area contributed by atoms with Crippen LogP contribution in [0.1, 0.15) is 86.5 Å². The summed E-state index contributed by atoms with van der Waals surface area (Å²) in [5.41, 5.74) is -0.577. The normalized spacial score (nSPS) is 12.4. The molecule has 0 atom stereocenters. The molecule has 0 radical (unpaired) electrons. The summed E-state index contributed by atoms with van der Waals surface area (Å²) in [5.74, 6) is -0.440. The average Bonchev–Trinajstić information content (AvgIpc) is 2.77. The van der Waals surface area contributed by atoms with Crippen LogP contribution in [0.25, 0.3) is 0 Å². The third kappa shape index (κ3) is 9.51. The molecule has 34 heavy (non-hydrogen) atoms. The quantitative estimate of drug-likeness (QED) is 0.171. The molecule has 194 valence electrons. The fraction of sp³-hybridized carbons (Fsp3) is 0.692. The Kier molecular flexibility index (Phi) is 13.2. The molecule has 0 spiro atoms. The molecule has 0 aliphatic carbocycles. The number of carbonyl (C=O) groups is 2. The Morgan fingerprint density at radius 1 is 0.941 bits per heavy atom. The number of hydrogen-bond acceptors (Lipinski definition) is 5. The van der Waals surface area contributed by atoms with Gasteiger partial charge in [-0.2, -0.15) is 0 Å². The molecule has 1 amide bonds.